The second kappa shape index (κ2) is 6.69. The van der Waals surface area contributed by atoms with Crippen molar-refractivity contribution in [2.75, 3.05) is 13.7 Å². The summed E-state index contributed by atoms with van der Waals surface area (Å²) < 4.78 is 7.04. The zero-order chi connectivity index (χ0) is 16.3. The summed E-state index contributed by atoms with van der Waals surface area (Å²) in [6.07, 6.45) is 3.48. The van der Waals surface area contributed by atoms with Gasteiger partial charge in [0.15, 0.2) is 0 Å². The van der Waals surface area contributed by atoms with Crippen LogP contribution in [0.3, 0.4) is 0 Å². The van der Waals surface area contributed by atoms with Gasteiger partial charge < -0.3 is 15.2 Å². The molecular formula is C16H22ClN3O2. The summed E-state index contributed by atoms with van der Waals surface area (Å²) in [6.45, 7) is 4.15. The molecule has 1 heterocycles. The van der Waals surface area contributed by atoms with Gasteiger partial charge in [0, 0.05) is 42.0 Å². The van der Waals surface area contributed by atoms with E-state index in [-0.39, 0.29) is 6.04 Å². The summed E-state index contributed by atoms with van der Waals surface area (Å²) in [5, 5.41) is 18.7. The molecule has 6 heteroatoms. The number of aromatic nitrogens is 2. The molecule has 0 aliphatic rings. The Balaban J connectivity index is 2.09. The van der Waals surface area contributed by atoms with E-state index in [9.17, 15) is 5.11 Å². The van der Waals surface area contributed by atoms with Gasteiger partial charge in [-0.3, -0.25) is 4.68 Å². The number of methoxy groups -OCH3 is 1. The summed E-state index contributed by atoms with van der Waals surface area (Å²) in [6, 6.07) is 5.49. The molecule has 2 atom stereocenters. The van der Waals surface area contributed by atoms with Gasteiger partial charge in [0.1, 0.15) is 11.4 Å². The van der Waals surface area contributed by atoms with Crippen LogP contribution in [0.4, 0.5) is 0 Å². The van der Waals surface area contributed by atoms with E-state index in [1.165, 1.54) is 0 Å². The quantitative estimate of drug-likeness (QED) is 0.858. The predicted octanol–water partition coefficient (Wildman–Crippen LogP) is 2.64. The zero-order valence-electron chi connectivity index (χ0n) is 13.3. The number of nitrogens with zero attached hydrogens (tertiary/aromatic N) is 2. The molecule has 0 fully saturated rings. The molecule has 120 valence electrons. The smallest absolute Gasteiger partial charge is 0.123 e. The summed E-state index contributed by atoms with van der Waals surface area (Å²) in [5.41, 5.74) is 0.721. The normalized spacial score (nSPS) is 15.4. The third-order valence-electron chi connectivity index (χ3n) is 3.74. The second-order valence-corrected chi connectivity index (χ2v) is 6.10. The Bertz CT molecular complexity index is 640. The maximum absolute atomic E-state index is 10.6. The average Bonchev–Trinajstić information content (AvgIpc) is 2.92. The summed E-state index contributed by atoms with van der Waals surface area (Å²) in [7, 11) is 3.46. The molecule has 0 saturated carbocycles. The molecule has 0 amide bonds. The maximum Gasteiger partial charge on any atom is 0.123 e. The third kappa shape index (κ3) is 3.80. The summed E-state index contributed by atoms with van der Waals surface area (Å²) in [5.74, 6) is 0.769. The molecule has 1 aromatic carbocycles. The van der Waals surface area contributed by atoms with Gasteiger partial charge in [-0.05, 0) is 32.0 Å². The molecule has 1 aromatic heterocycles. The number of rotatable bonds is 6. The average molecular weight is 324 g/mol. The molecule has 2 aromatic rings. The van der Waals surface area contributed by atoms with Gasteiger partial charge in [-0.25, -0.2) is 0 Å². The molecule has 0 saturated heterocycles. The van der Waals surface area contributed by atoms with Gasteiger partial charge in [0.05, 0.1) is 13.3 Å². The van der Waals surface area contributed by atoms with Crippen molar-refractivity contribution in [3.63, 3.8) is 0 Å². The largest absolute Gasteiger partial charge is 0.496 e. The SMILES string of the molecule is COc1ccc(Cl)cc1[C@H](C)NC[C@](C)(O)c1cnn(C)c1. The van der Waals surface area contributed by atoms with Crippen molar-refractivity contribution in [3.8, 4) is 5.75 Å². The van der Waals surface area contributed by atoms with Gasteiger partial charge in [-0.1, -0.05) is 11.6 Å². The fourth-order valence-corrected chi connectivity index (χ4v) is 2.49. The standard InChI is InChI=1S/C16H22ClN3O2/c1-11(14-7-13(17)5-6-15(14)22-4)18-10-16(2,21)12-8-19-20(3)9-12/h5-9,11,18,21H,10H2,1-4H3/t11-,16-/m0/s1. The Morgan fingerprint density at radius 1 is 1.50 bits per heavy atom. The van der Waals surface area contributed by atoms with Gasteiger partial charge >= 0.3 is 0 Å². The lowest BCUT2D eigenvalue weighted by molar-refractivity contribution is 0.0542. The van der Waals surface area contributed by atoms with Gasteiger partial charge in [-0.2, -0.15) is 5.10 Å². The van der Waals surface area contributed by atoms with Crippen molar-refractivity contribution in [1.29, 1.82) is 0 Å². The van der Waals surface area contributed by atoms with Crippen LogP contribution in [0.25, 0.3) is 0 Å². The Labute approximate surface area is 135 Å². The number of halogens is 1. The van der Waals surface area contributed by atoms with E-state index in [1.54, 1.807) is 31.0 Å². The minimum atomic E-state index is -1.01. The molecule has 0 radical (unpaired) electrons. The van der Waals surface area contributed by atoms with Crippen LogP contribution in [0.2, 0.25) is 5.02 Å². The first-order valence-corrected chi connectivity index (χ1v) is 7.49. The Morgan fingerprint density at radius 3 is 2.82 bits per heavy atom. The molecule has 0 unspecified atom stereocenters. The molecule has 0 aliphatic carbocycles. The van der Waals surface area contributed by atoms with Crippen molar-refractivity contribution < 1.29 is 9.84 Å². The van der Waals surface area contributed by atoms with Crippen molar-refractivity contribution in [2.45, 2.75) is 25.5 Å². The lowest BCUT2D eigenvalue weighted by Gasteiger charge is -2.26. The van der Waals surface area contributed by atoms with Crippen LogP contribution in [-0.4, -0.2) is 28.5 Å². The Hall–Kier alpha value is -1.56. The lowest BCUT2D eigenvalue weighted by Crippen LogP contribution is -2.36. The summed E-state index contributed by atoms with van der Waals surface area (Å²) >= 11 is 6.06. The van der Waals surface area contributed by atoms with E-state index < -0.39 is 5.60 Å². The molecule has 0 bridgehead atoms. The highest BCUT2D eigenvalue weighted by atomic mass is 35.5. The summed E-state index contributed by atoms with van der Waals surface area (Å²) in [4.78, 5) is 0. The van der Waals surface area contributed by atoms with E-state index in [1.807, 2.05) is 32.3 Å². The molecule has 22 heavy (non-hydrogen) atoms. The number of ether oxygens (including phenoxy) is 1. The Kier molecular flexibility index (Phi) is 5.11. The molecule has 2 rings (SSSR count). The molecule has 2 N–H and O–H groups in total. The first-order valence-electron chi connectivity index (χ1n) is 7.12. The van der Waals surface area contributed by atoms with Crippen molar-refractivity contribution in [2.24, 2.45) is 7.05 Å². The number of benzene rings is 1. The van der Waals surface area contributed by atoms with Crippen molar-refractivity contribution in [1.82, 2.24) is 15.1 Å². The lowest BCUT2D eigenvalue weighted by atomic mass is 9.98. The highest BCUT2D eigenvalue weighted by Crippen LogP contribution is 2.29. The van der Waals surface area contributed by atoms with Crippen LogP contribution in [0, 0.1) is 0 Å². The minimum absolute atomic E-state index is 0.0169. The van der Waals surface area contributed by atoms with Crippen LogP contribution in [0.15, 0.2) is 30.6 Å². The van der Waals surface area contributed by atoms with Crippen LogP contribution in [-0.2, 0) is 12.6 Å². The number of nitrogens with one attached hydrogen (secondary N) is 1. The van der Waals surface area contributed by atoms with E-state index in [0.717, 1.165) is 16.9 Å². The number of aryl methyl sites for hydroxylation is 1. The van der Waals surface area contributed by atoms with Crippen LogP contribution in [0.1, 0.15) is 31.0 Å². The Morgan fingerprint density at radius 2 is 2.23 bits per heavy atom. The van der Waals surface area contributed by atoms with E-state index in [2.05, 4.69) is 10.4 Å². The molecule has 5 nitrogen and oxygen atoms in total. The molecular weight excluding hydrogens is 302 g/mol. The number of hydrogen-bond donors (Lipinski definition) is 2. The zero-order valence-corrected chi connectivity index (χ0v) is 14.1. The van der Waals surface area contributed by atoms with Gasteiger partial charge in [-0.15, -0.1) is 0 Å². The van der Waals surface area contributed by atoms with Crippen LogP contribution >= 0.6 is 11.6 Å². The third-order valence-corrected chi connectivity index (χ3v) is 3.97. The van der Waals surface area contributed by atoms with E-state index in [4.69, 9.17) is 16.3 Å². The number of aliphatic hydroxyl groups is 1. The monoisotopic (exact) mass is 323 g/mol. The van der Waals surface area contributed by atoms with Gasteiger partial charge in [0.25, 0.3) is 0 Å². The van der Waals surface area contributed by atoms with E-state index >= 15 is 0 Å². The molecule has 0 spiro atoms. The molecule has 0 aliphatic heterocycles. The first kappa shape index (κ1) is 16.8. The fraction of sp³-hybridized carbons (Fsp3) is 0.438. The van der Waals surface area contributed by atoms with Crippen LogP contribution in [0.5, 0.6) is 5.75 Å². The topological polar surface area (TPSA) is 59.3 Å². The second-order valence-electron chi connectivity index (χ2n) is 5.67. The predicted molar refractivity (Wildman–Crippen MR) is 87.2 cm³/mol. The van der Waals surface area contributed by atoms with Crippen LogP contribution < -0.4 is 10.1 Å². The highest BCUT2D eigenvalue weighted by molar-refractivity contribution is 6.30. The first-order chi connectivity index (χ1) is 10.3. The minimum Gasteiger partial charge on any atom is -0.496 e. The van der Waals surface area contributed by atoms with Gasteiger partial charge in [0.2, 0.25) is 0 Å². The van der Waals surface area contributed by atoms with Crippen molar-refractivity contribution in [3.05, 3.63) is 46.7 Å². The van der Waals surface area contributed by atoms with Crippen molar-refractivity contribution >= 4 is 11.6 Å². The van der Waals surface area contributed by atoms with E-state index in [0.29, 0.717) is 11.6 Å². The fourth-order valence-electron chi connectivity index (χ4n) is 2.31. The maximum atomic E-state index is 10.6. The highest BCUT2D eigenvalue weighted by Gasteiger charge is 2.25. The number of hydrogen-bond acceptors (Lipinski definition) is 4.